The quantitative estimate of drug-likeness (QED) is 0.453. The third kappa shape index (κ3) is 1.65. The molecule has 2 heterocycles. The molecule has 18 heavy (non-hydrogen) atoms. The first-order chi connectivity index (χ1) is 8.78. The molecule has 0 spiro atoms. The Morgan fingerprint density at radius 3 is 2.78 bits per heavy atom. The van der Waals surface area contributed by atoms with Crippen molar-refractivity contribution < 1.29 is 18.7 Å². The molecule has 0 saturated heterocycles. The van der Waals surface area contributed by atoms with Crippen LogP contribution in [0.15, 0.2) is 32.4 Å². The molecule has 6 heteroatoms. The smallest absolute Gasteiger partial charge is 0.336 e. The molecular weight excluding hydrogens is 238 g/mol. The van der Waals surface area contributed by atoms with Gasteiger partial charge in [-0.25, -0.2) is 14.6 Å². The Labute approximate surface area is 100 Å². The lowest BCUT2D eigenvalue weighted by Crippen LogP contribution is -2.00. The Bertz CT molecular complexity index is 727. The van der Waals surface area contributed by atoms with Crippen LogP contribution in [0.5, 0.6) is 11.5 Å². The molecule has 90 valence electrons. The monoisotopic (exact) mass is 245 g/mol. The number of hydrogen-bond donors (Lipinski definition) is 0. The molecule has 0 fully saturated rings. The van der Waals surface area contributed by atoms with Crippen LogP contribution in [-0.2, 0) is 11.3 Å². The van der Waals surface area contributed by atoms with Crippen LogP contribution in [0.1, 0.15) is 5.56 Å². The summed E-state index contributed by atoms with van der Waals surface area (Å²) in [6.45, 7) is 0.211. The number of isocyanates is 1. The van der Waals surface area contributed by atoms with Crippen LogP contribution in [-0.4, -0.2) is 12.9 Å². The van der Waals surface area contributed by atoms with Gasteiger partial charge in [-0.1, -0.05) is 0 Å². The lowest BCUT2D eigenvalue weighted by molar-refractivity contribution is 0.174. The zero-order valence-corrected chi connectivity index (χ0v) is 9.13. The van der Waals surface area contributed by atoms with E-state index in [2.05, 4.69) is 4.99 Å². The van der Waals surface area contributed by atoms with E-state index in [1.165, 1.54) is 12.1 Å². The van der Waals surface area contributed by atoms with Gasteiger partial charge in [-0.2, -0.15) is 0 Å². The molecule has 3 rings (SSSR count). The highest BCUT2D eigenvalue weighted by Crippen LogP contribution is 2.36. The maximum atomic E-state index is 11.4. The Morgan fingerprint density at radius 1 is 1.22 bits per heavy atom. The molecule has 6 nitrogen and oxygen atoms in total. The summed E-state index contributed by atoms with van der Waals surface area (Å²) in [4.78, 5) is 25.0. The van der Waals surface area contributed by atoms with Crippen molar-refractivity contribution in [2.75, 3.05) is 6.79 Å². The summed E-state index contributed by atoms with van der Waals surface area (Å²) in [5.74, 6) is 1.11. The Hall–Kier alpha value is -2.59. The molecule has 0 amide bonds. The SMILES string of the molecule is O=C=NCc1cc(=O)oc2cc3c(cc12)OCO3. The van der Waals surface area contributed by atoms with Gasteiger partial charge in [0, 0.05) is 17.5 Å². The summed E-state index contributed by atoms with van der Waals surface area (Å²) < 4.78 is 15.5. The van der Waals surface area contributed by atoms with Crippen molar-refractivity contribution >= 4 is 17.0 Å². The molecule has 1 aliphatic heterocycles. The second kappa shape index (κ2) is 4.01. The summed E-state index contributed by atoms with van der Waals surface area (Å²) in [7, 11) is 0. The van der Waals surface area contributed by atoms with Crippen LogP contribution in [0, 0.1) is 0 Å². The molecule has 1 aromatic heterocycles. The largest absolute Gasteiger partial charge is 0.454 e. The van der Waals surface area contributed by atoms with Gasteiger partial charge in [0.05, 0.1) is 6.54 Å². The van der Waals surface area contributed by atoms with Gasteiger partial charge in [0.15, 0.2) is 11.5 Å². The first-order valence-corrected chi connectivity index (χ1v) is 5.18. The Balaban J connectivity index is 2.28. The fraction of sp³-hybridized carbons (Fsp3) is 0.167. The summed E-state index contributed by atoms with van der Waals surface area (Å²) >= 11 is 0. The minimum absolute atomic E-state index is 0.0746. The number of rotatable bonds is 2. The van der Waals surface area contributed by atoms with Crippen molar-refractivity contribution in [1.29, 1.82) is 0 Å². The summed E-state index contributed by atoms with van der Waals surface area (Å²) in [5.41, 5.74) is 0.461. The molecule has 0 bridgehead atoms. The van der Waals surface area contributed by atoms with Crippen LogP contribution in [0.3, 0.4) is 0 Å². The molecular formula is C12H7NO5. The zero-order chi connectivity index (χ0) is 12.5. The molecule has 2 aromatic rings. The molecule has 1 aromatic carbocycles. The van der Waals surface area contributed by atoms with Crippen molar-refractivity contribution in [2.45, 2.75) is 6.54 Å². The number of benzene rings is 1. The van der Waals surface area contributed by atoms with Crippen molar-refractivity contribution in [1.82, 2.24) is 0 Å². The lowest BCUT2D eigenvalue weighted by Gasteiger charge is -2.03. The van der Waals surface area contributed by atoms with Gasteiger partial charge in [-0.05, 0) is 11.6 Å². The number of ether oxygens (including phenoxy) is 2. The van der Waals surface area contributed by atoms with Crippen LogP contribution in [0.2, 0.25) is 0 Å². The van der Waals surface area contributed by atoms with E-state index in [4.69, 9.17) is 13.9 Å². The molecule has 0 unspecified atom stereocenters. The van der Waals surface area contributed by atoms with Gasteiger partial charge >= 0.3 is 5.63 Å². The normalized spacial score (nSPS) is 12.4. The topological polar surface area (TPSA) is 78.1 Å². The Kier molecular flexibility index (Phi) is 2.35. The maximum Gasteiger partial charge on any atom is 0.336 e. The van der Waals surface area contributed by atoms with Crippen molar-refractivity contribution in [3.8, 4) is 11.5 Å². The highest BCUT2D eigenvalue weighted by molar-refractivity contribution is 5.84. The molecule has 1 aliphatic rings. The highest BCUT2D eigenvalue weighted by Gasteiger charge is 2.17. The van der Waals surface area contributed by atoms with Gasteiger partial charge in [-0.3, -0.25) is 0 Å². The van der Waals surface area contributed by atoms with E-state index in [-0.39, 0.29) is 13.3 Å². The highest BCUT2D eigenvalue weighted by atomic mass is 16.7. The number of hydrogen-bond acceptors (Lipinski definition) is 6. The van der Waals surface area contributed by atoms with E-state index in [0.29, 0.717) is 28.0 Å². The summed E-state index contributed by atoms with van der Waals surface area (Å²) in [6, 6.07) is 4.59. The average molecular weight is 245 g/mol. The van der Waals surface area contributed by atoms with E-state index >= 15 is 0 Å². The lowest BCUT2D eigenvalue weighted by atomic mass is 10.1. The van der Waals surface area contributed by atoms with E-state index < -0.39 is 5.63 Å². The Morgan fingerprint density at radius 2 is 2.00 bits per heavy atom. The first-order valence-electron chi connectivity index (χ1n) is 5.18. The van der Waals surface area contributed by atoms with Crippen molar-refractivity contribution in [2.24, 2.45) is 4.99 Å². The zero-order valence-electron chi connectivity index (χ0n) is 9.13. The van der Waals surface area contributed by atoms with Crippen LogP contribution in [0.25, 0.3) is 11.0 Å². The molecule has 0 saturated carbocycles. The predicted molar refractivity (Wildman–Crippen MR) is 60.4 cm³/mol. The van der Waals surface area contributed by atoms with E-state index in [9.17, 15) is 9.59 Å². The summed E-state index contributed by atoms with van der Waals surface area (Å²) in [5, 5.41) is 0.665. The van der Waals surface area contributed by atoms with Crippen molar-refractivity contribution in [3.05, 3.63) is 34.2 Å². The molecule has 0 radical (unpaired) electrons. The minimum Gasteiger partial charge on any atom is -0.454 e. The predicted octanol–water partition coefficient (Wildman–Crippen LogP) is 1.36. The number of fused-ring (bicyclic) bond motifs is 2. The third-order valence-electron chi connectivity index (χ3n) is 2.64. The molecule has 0 N–H and O–H groups in total. The fourth-order valence-corrected chi connectivity index (χ4v) is 1.86. The second-order valence-corrected chi connectivity index (χ2v) is 3.70. The molecule has 0 atom stereocenters. The van der Waals surface area contributed by atoms with E-state index in [1.807, 2.05) is 0 Å². The van der Waals surface area contributed by atoms with E-state index in [1.54, 1.807) is 12.1 Å². The van der Waals surface area contributed by atoms with Gasteiger partial charge < -0.3 is 13.9 Å². The second-order valence-electron chi connectivity index (χ2n) is 3.70. The number of carbonyl (C=O) groups excluding carboxylic acids is 1. The van der Waals surface area contributed by atoms with Gasteiger partial charge in [-0.15, -0.1) is 0 Å². The first kappa shape index (κ1) is 10.6. The molecule has 0 aliphatic carbocycles. The summed E-state index contributed by atoms with van der Waals surface area (Å²) in [6.07, 6.45) is 1.44. The van der Waals surface area contributed by atoms with Crippen LogP contribution >= 0.6 is 0 Å². The number of nitrogens with zero attached hydrogens (tertiary/aromatic N) is 1. The minimum atomic E-state index is -0.502. The average Bonchev–Trinajstić information content (AvgIpc) is 2.80. The number of aliphatic imine (C=N–C) groups is 1. The van der Waals surface area contributed by atoms with E-state index in [0.717, 1.165) is 0 Å². The van der Waals surface area contributed by atoms with Crippen LogP contribution in [0.4, 0.5) is 0 Å². The van der Waals surface area contributed by atoms with Crippen molar-refractivity contribution in [3.63, 3.8) is 0 Å². The van der Waals surface area contributed by atoms with Gasteiger partial charge in [0.1, 0.15) is 5.58 Å². The van der Waals surface area contributed by atoms with Gasteiger partial charge in [0.2, 0.25) is 12.9 Å². The van der Waals surface area contributed by atoms with Gasteiger partial charge in [0.25, 0.3) is 0 Å². The van der Waals surface area contributed by atoms with Crippen LogP contribution < -0.4 is 15.1 Å². The third-order valence-corrected chi connectivity index (χ3v) is 2.64. The maximum absolute atomic E-state index is 11.4. The fourth-order valence-electron chi connectivity index (χ4n) is 1.86. The standard InChI is InChI=1S/C12H7NO5/c14-5-13-4-7-1-12(15)18-9-3-11-10(2-8(7)9)16-6-17-11/h1-3H,4,6H2.